The van der Waals surface area contributed by atoms with Crippen molar-refractivity contribution < 1.29 is 9.63 Å². The zero-order valence-electron chi connectivity index (χ0n) is 4.83. The Morgan fingerprint density at radius 1 is 1.78 bits per heavy atom. The summed E-state index contributed by atoms with van der Waals surface area (Å²) >= 11 is 0. The molecule has 0 atom stereocenters. The highest BCUT2D eigenvalue weighted by Crippen LogP contribution is 2.08. The summed E-state index contributed by atoms with van der Waals surface area (Å²) in [6, 6.07) is 0. The Labute approximate surface area is 52.7 Å². The van der Waals surface area contributed by atoms with Crippen molar-refractivity contribution in [2.75, 3.05) is 0 Å². The fourth-order valence-corrected chi connectivity index (χ4v) is 0.677. The molecule has 9 heavy (non-hydrogen) atoms. The summed E-state index contributed by atoms with van der Waals surface area (Å²) in [5, 5.41) is 0. The molecular weight excluding hydrogens is 118 g/mol. The largest absolute Gasteiger partial charge is 0.370 e. The van der Waals surface area contributed by atoms with Gasteiger partial charge in [0.1, 0.15) is 0 Å². The molecule has 0 aliphatic heterocycles. The highest BCUT2D eigenvalue weighted by atomic mass is 16.7. The molecule has 0 unspecified atom stereocenters. The molecule has 3 heteroatoms. The second-order valence-electron chi connectivity index (χ2n) is 1.70. The summed E-state index contributed by atoms with van der Waals surface area (Å²) in [4.78, 5) is 14.5. The van der Waals surface area contributed by atoms with Gasteiger partial charge in [-0.3, -0.25) is 0 Å². The van der Waals surface area contributed by atoms with Crippen LogP contribution in [0.1, 0.15) is 6.42 Å². The molecule has 0 saturated heterocycles. The van der Waals surface area contributed by atoms with Crippen LogP contribution in [0, 0.1) is 0 Å². The van der Waals surface area contributed by atoms with Crippen molar-refractivity contribution >= 4 is 5.97 Å². The molecule has 0 amide bonds. The van der Waals surface area contributed by atoms with Gasteiger partial charge in [0, 0.05) is 0 Å². The van der Waals surface area contributed by atoms with E-state index in [0.717, 1.165) is 6.42 Å². The molecule has 0 spiro atoms. The molecule has 0 aromatic rings. The molecule has 0 heterocycles. The second-order valence-corrected chi connectivity index (χ2v) is 1.70. The van der Waals surface area contributed by atoms with Crippen LogP contribution < -0.4 is 5.90 Å². The van der Waals surface area contributed by atoms with E-state index < -0.39 is 5.97 Å². The number of hydrogen-bond acceptors (Lipinski definition) is 3. The Balaban J connectivity index is 2.62. The van der Waals surface area contributed by atoms with E-state index in [9.17, 15) is 4.79 Å². The summed E-state index contributed by atoms with van der Waals surface area (Å²) in [6.45, 7) is 0. The molecule has 0 aromatic carbocycles. The van der Waals surface area contributed by atoms with Crippen LogP contribution in [0.15, 0.2) is 23.8 Å². The summed E-state index contributed by atoms with van der Waals surface area (Å²) in [5.74, 6) is 4.16. The van der Waals surface area contributed by atoms with Crippen LogP contribution in [-0.2, 0) is 9.63 Å². The molecule has 48 valence electrons. The van der Waals surface area contributed by atoms with E-state index in [0.29, 0.717) is 5.57 Å². The fraction of sp³-hybridized carbons (Fsp3) is 0.167. The molecule has 1 aliphatic carbocycles. The highest BCUT2D eigenvalue weighted by molar-refractivity contribution is 5.91. The number of carbonyl (C=O) groups is 1. The Morgan fingerprint density at radius 2 is 2.56 bits per heavy atom. The van der Waals surface area contributed by atoms with Gasteiger partial charge in [0.25, 0.3) is 0 Å². The van der Waals surface area contributed by atoms with E-state index in [1.54, 1.807) is 12.2 Å². The van der Waals surface area contributed by atoms with Crippen LogP contribution in [0.5, 0.6) is 0 Å². The van der Waals surface area contributed by atoms with Crippen molar-refractivity contribution in [3.63, 3.8) is 0 Å². The standard InChI is InChI=1S/C6H7NO2/c7-9-6(8)5-3-1-2-4-5/h1,3-4H,2,7H2. The van der Waals surface area contributed by atoms with Crippen LogP contribution in [0.3, 0.4) is 0 Å². The quantitative estimate of drug-likeness (QED) is 0.512. The van der Waals surface area contributed by atoms with Crippen molar-refractivity contribution in [3.8, 4) is 0 Å². The normalized spacial score (nSPS) is 15.4. The molecule has 2 N–H and O–H groups in total. The van der Waals surface area contributed by atoms with E-state index in [1.165, 1.54) is 0 Å². The highest BCUT2D eigenvalue weighted by Gasteiger charge is 2.07. The molecule has 0 radical (unpaired) electrons. The van der Waals surface area contributed by atoms with Gasteiger partial charge in [-0.1, -0.05) is 18.2 Å². The van der Waals surface area contributed by atoms with Crippen molar-refractivity contribution in [2.45, 2.75) is 6.42 Å². The molecule has 0 fully saturated rings. The van der Waals surface area contributed by atoms with E-state index in [2.05, 4.69) is 10.7 Å². The van der Waals surface area contributed by atoms with Gasteiger partial charge in [0.15, 0.2) is 0 Å². The van der Waals surface area contributed by atoms with Crippen molar-refractivity contribution in [2.24, 2.45) is 5.90 Å². The lowest BCUT2D eigenvalue weighted by molar-refractivity contribution is -0.139. The van der Waals surface area contributed by atoms with Gasteiger partial charge in [-0.25, -0.2) is 4.79 Å². The summed E-state index contributed by atoms with van der Waals surface area (Å²) in [6.07, 6.45) is 6.11. The molecule has 3 nitrogen and oxygen atoms in total. The molecule has 1 rings (SSSR count). The van der Waals surface area contributed by atoms with Gasteiger partial charge in [0.05, 0.1) is 5.57 Å². The minimum Gasteiger partial charge on any atom is -0.370 e. The Bertz CT molecular complexity index is 181. The predicted octanol–water partition coefficient (Wildman–Crippen LogP) is 0.290. The Hall–Kier alpha value is -1.09. The van der Waals surface area contributed by atoms with Crippen molar-refractivity contribution in [3.05, 3.63) is 23.8 Å². The van der Waals surface area contributed by atoms with Crippen LogP contribution in [0.4, 0.5) is 0 Å². The lowest BCUT2D eigenvalue weighted by Crippen LogP contribution is -2.10. The van der Waals surface area contributed by atoms with E-state index in [4.69, 9.17) is 0 Å². The number of allylic oxidation sites excluding steroid dienone is 2. The van der Waals surface area contributed by atoms with Gasteiger partial charge >= 0.3 is 5.97 Å². The first-order valence-corrected chi connectivity index (χ1v) is 2.62. The lowest BCUT2D eigenvalue weighted by atomic mass is 10.3. The maximum atomic E-state index is 10.5. The third kappa shape index (κ3) is 1.17. The summed E-state index contributed by atoms with van der Waals surface area (Å²) in [5.41, 5.74) is 0.539. The first-order valence-electron chi connectivity index (χ1n) is 2.62. The summed E-state index contributed by atoms with van der Waals surface area (Å²) in [7, 11) is 0. The smallest absolute Gasteiger partial charge is 0.356 e. The Morgan fingerprint density at radius 3 is 3.00 bits per heavy atom. The van der Waals surface area contributed by atoms with Crippen LogP contribution in [0.2, 0.25) is 0 Å². The number of carbonyl (C=O) groups excluding carboxylic acids is 1. The second kappa shape index (κ2) is 2.46. The van der Waals surface area contributed by atoms with Crippen LogP contribution in [0.25, 0.3) is 0 Å². The van der Waals surface area contributed by atoms with Crippen LogP contribution >= 0.6 is 0 Å². The average Bonchev–Trinajstić information content (AvgIpc) is 2.37. The first-order chi connectivity index (χ1) is 4.34. The lowest BCUT2D eigenvalue weighted by Gasteiger charge is -1.92. The third-order valence-electron chi connectivity index (χ3n) is 1.11. The SMILES string of the molecule is NOC(=O)C1=CCC=C1. The number of nitrogens with two attached hydrogens (primary N) is 1. The van der Waals surface area contributed by atoms with Gasteiger partial charge < -0.3 is 4.84 Å². The van der Waals surface area contributed by atoms with E-state index in [1.807, 2.05) is 6.08 Å². The molecule has 0 saturated carbocycles. The molecule has 0 bridgehead atoms. The molecule has 1 aliphatic rings. The summed E-state index contributed by atoms with van der Waals surface area (Å²) < 4.78 is 0. The minimum absolute atomic E-state index is 0.469. The first kappa shape index (κ1) is 6.04. The monoisotopic (exact) mass is 125 g/mol. The minimum atomic E-state index is -0.469. The van der Waals surface area contributed by atoms with Gasteiger partial charge in [-0.05, 0) is 6.42 Å². The molecular formula is C6H7NO2. The van der Waals surface area contributed by atoms with E-state index in [-0.39, 0.29) is 0 Å². The number of hydrogen-bond donors (Lipinski definition) is 1. The Kier molecular flexibility index (Phi) is 1.65. The van der Waals surface area contributed by atoms with Gasteiger partial charge in [-0.2, -0.15) is 5.90 Å². The van der Waals surface area contributed by atoms with Crippen molar-refractivity contribution in [1.82, 2.24) is 0 Å². The zero-order chi connectivity index (χ0) is 6.69. The number of rotatable bonds is 1. The predicted molar refractivity (Wildman–Crippen MR) is 32.1 cm³/mol. The topological polar surface area (TPSA) is 52.3 Å². The van der Waals surface area contributed by atoms with Gasteiger partial charge in [0.2, 0.25) is 0 Å². The van der Waals surface area contributed by atoms with Gasteiger partial charge in [-0.15, -0.1) is 0 Å². The van der Waals surface area contributed by atoms with Crippen molar-refractivity contribution in [1.29, 1.82) is 0 Å². The third-order valence-corrected chi connectivity index (χ3v) is 1.11. The van der Waals surface area contributed by atoms with E-state index >= 15 is 0 Å². The fourth-order valence-electron chi connectivity index (χ4n) is 0.677. The van der Waals surface area contributed by atoms with Crippen LogP contribution in [-0.4, -0.2) is 5.97 Å². The maximum absolute atomic E-state index is 10.5. The average molecular weight is 125 g/mol. The zero-order valence-corrected chi connectivity index (χ0v) is 4.83. The molecule has 0 aromatic heterocycles. The maximum Gasteiger partial charge on any atom is 0.356 e.